The molecule has 0 aliphatic carbocycles. The minimum atomic E-state index is -0.217. The molecular formula is C15H15N3O3. The molecule has 108 valence electrons. The van der Waals surface area contributed by atoms with Gasteiger partial charge >= 0.3 is 0 Å². The third kappa shape index (κ3) is 2.84. The van der Waals surface area contributed by atoms with Crippen LogP contribution < -0.4 is 0 Å². The summed E-state index contributed by atoms with van der Waals surface area (Å²) in [5, 5.41) is 3.54. The van der Waals surface area contributed by atoms with Gasteiger partial charge in [0.15, 0.2) is 5.78 Å². The van der Waals surface area contributed by atoms with Crippen LogP contribution in [0.1, 0.15) is 33.9 Å². The van der Waals surface area contributed by atoms with Crippen molar-refractivity contribution in [1.82, 2.24) is 15.0 Å². The van der Waals surface area contributed by atoms with Crippen molar-refractivity contribution in [2.45, 2.75) is 12.8 Å². The SMILES string of the molecule is O=C(c1ccccn1)C1CCCN(C(=O)c2ccno2)C1. The molecule has 0 aromatic carbocycles. The highest BCUT2D eigenvalue weighted by Crippen LogP contribution is 2.21. The van der Waals surface area contributed by atoms with Crippen LogP contribution >= 0.6 is 0 Å². The summed E-state index contributed by atoms with van der Waals surface area (Å²) in [5.74, 6) is -0.224. The van der Waals surface area contributed by atoms with Crippen LogP contribution in [0.2, 0.25) is 0 Å². The summed E-state index contributed by atoms with van der Waals surface area (Å²) in [6, 6.07) is 6.81. The number of likely N-dealkylation sites (tertiary alicyclic amines) is 1. The Hall–Kier alpha value is -2.50. The fourth-order valence-electron chi connectivity index (χ4n) is 2.58. The van der Waals surface area contributed by atoms with E-state index in [1.807, 2.05) is 0 Å². The fraction of sp³-hybridized carbons (Fsp3) is 0.333. The van der Waals surface area contributed by atoms with Crippen LogP contribution in [0.4, 0.5) is 0 Å². The van der Waals surface area contributed by atoms with Gasteiger partial charge in [-0.2, -0.15) is 0 Å². The summed E-state index contributed by atoms with van der Waals surface area (Å²) >= 11 is 0. The van der Waals surface area contributed by atoms with E-state index >= 15 is 0 Å². The molecule has 2 aromatic heterocycles. The monoisotopic (exact) mass is 285 g/mol. The first kappa shape index (κ1) is 13.5. The first-order valence-corrected chi connectivity index (χ1v) is 6.91. The Morgan fingerprint density at radius 3 is 2.86 bits per heavy atom. The topological polar surface area (TPSA) is 76.3 Å². The molecule has 1 saturated heterocycles. The Bertz CT molecular complexity index is 625. The van der Waals surface area contributed by atoms with Crippen molar-refractivity contribution >= 4 is 11.7 Å². The second-order valence-electron chi connectivity index (χ2n) is 5.05. The zero-order valence-electron chi connectivity index (χ0n) is 11.4. The average Bonchev–Trinajstić information content (AvgIpc) is 3.09. The maximum atomic E-state index is 12.4. The fourth-order valence-corrected chi connectivity index (χ4v) is 2.58. The smallest absolute Gasteiger partial charge is 0.292 e. The summed E-state index contributed by atoms with van der Waals surface area (Å²) in [7, 11) is 0. The number of Topliss-reactive ketones (excluding diaryl/α,β-unsaturated/α-hetero) is 1. The number of pyridine rings is 1. The molecule has 1 unspecified atom stereocenters. The number of piperidine rings is 1. The maximum absolute atomic E-state index is 12.4. The van der Waals surface area contributed by atoms with Crippen molar-refractivity contribution in [2.75, 3.05) is 13.1 Å². The van der Waals surface area contributed by atoms with Gasteiger partial charge in [-0.15, -0.1) is 0 Å². The first-order valence-electron chi connectivity index (χ1n) is 6.91. The molecule has 1 aliphatic heterocycles. The number of hydrogen-bond donors (Lipinski definition) is 0. The van der Waals surface area contributed by atoms with Crippen LogP contribution in [0.25, 0.3) is 0 Å². The van der Waals surface area contributed by atoms with Crippen molar-refractivity contribution in [3.8, 4) is 0 Å². The molecule has 0 saturated carbocycles. The summed E-state index contributed by atoms with van der Waals surface area (Å²) in [5.41, 5.74) is 0.455. The number of amides is 1. The lowest BCUT2D eigenvalue weighted by molar-refractivity contribution is 0.0601. The lowest BCUT2D eigenvalue weighted by Gasteiger charge is -2.31. The predicted octanol–water partition coefficient (Wildman–Crippen LogP) is 1.80. The van der Waals surface area contributed by atoms with E-state index in [1.54, 1.807) is 29.3 Å². The molecule has 0 bridgehead atoms. The van der Waals surface area contributed by atoms with Crippen LogP contribution in [0.5, 0.6) is 0 Å². The number of ketones is 1. The van der Waals surface area contributed by atoms with Crippen molar-refractivity contribution in [2.24, 2.45) is 5.92 Å². The molecule has 1 amide bonds. The van der Waals surface area contributed by atoms with Gasteiger partial charge in [0.05, 0.1) is 6.20 Å². The average molecular weight is 285 g/mol. The lowest BCUT2D eigenvalue weighted by atomic mass is 9.92. The van der Waals surface area contributed by atoms with Gasteiger partial charge in [0.2, 0.25) is 5.76 Å². The summed E-state index contributed by atoms with van der Waals surface area (Å²) in [6.45, 7) is 1.03. The zero-order valence-corrected chi connectivity index (χ0v) is 11.4. The molecule has 1 aliphatic rings. The van der Waals surface area contributed by atoms with Gasteiger partial charge in [-0.05, 0) is 25.0 Å². The molecule has 21 heavy (non-hydrogen) atoms. The molecule has 3 rings (SSSR count). The van der Waals surface area contributed by atoms with Crippen molar-refractivity contribution in [1.29, 1.82) is 0 Å². The Morgan fingerprint density at radius 1 is 1.24 bits per heavy atom. The normalized spacial score (nSPS) is 18.5. The highest BCUT2D eigenvalue weighted by atomic mass is 16.5. The van der Waals surface area contributed by atoms with Crippen LogP contribution in [-0.4, -0.2) is 39.8 Å². The molecule has 6 nitrogen and oxygen atoms in total. The van der Waals surface area contributed by atoms with Crippen LogP contribution in [0.15, 0.2) is 41.2 Å². The highest BCUT2D eigenvalue weighted by Gasteiger charge is 2.30. The van der Waals surface area contributed by atoms with E-state index in [0.29, 0.717) is 18.8 Å². The van der Waals surface area contributed by atoms with Gasteiger partial charge in [-0.3, -0.25) is 14.6 Å². The number of carbonyl (C=O) groups is 2. The van der Waals surface area contributed by atoms with Crippen LogP contribution in [0, 0.1) is 5.92 Å². The Balaban J connectivity index is 1.71. The Kier molecular flexibility index (Phi) is 3.77. The maximum Gasteiger partial charge on any atom is 0.292 e. The van der Waals surface area contributed by atoms with E-state index < -0.39 is 0 Å². The molecular weight excluding hydrogens is 270 g/mol. The second kappa shape index (κ2) is 5.87. The van der Waals surface area contributed by atoms with Crippen molar-refractivity contribution in [3.05, 3.63) is 48.1 Å². The molecule has 2 aromatic rings. The highest BCUT2D eigenvalue weighted by molar-refractivity contribution is 5.97. The van der Waals surface area contributed by atoms with Crippen LogP contribution in [-0.2, 0) is 0 Å². The van der Waals surface area contributed by atoms with Gasteiger partial charge in [0.1, 0.15) is 5.69 Å². The number of carbonyl (C=O) groups excluding carboxylic acids is 2. The third-order valence-corrected chi connectivity index (χ3v) is 3.65. The van der Waals surface area contributed by atoms with Gasteiger partial charge in [0.25, 0.3) is 5.91 Å². The summed E-state index contributed by atoms with van der Waals surface area (Å²) in [4.78, 5) is 30.4. The van der Waals surface area contributed by atoms with Crippen LogP contribution in [0.3, 0.4) is 0 Å². The lowest BCUT2D eigenvalue weighted by Crippen LogP contribution is -2.42. The molecule has 1 atom stereocenters. The molecule has 0 spiro atoms. The summed E-state index contributed by atoms with van der Waals surface area (Å²) in [6.07, 6.45) is 4.61. The Labute approximate surface area is 121 Å². The van der Waals surface area contributed by atoms with Gasteiger partial charge in [0, 0.05) is 31.3 Å². The molecule has 0 radical (unpaired) electrons. The van der Waals surface area contributed by atoms with E-state index in [0.717, 1.165) is 12.8 Å². The third-order valence-electron chi connectivity index (χ3n) is 3.65. The second-order valence-corrected chi connectivity index (χ2v) is 5.05. The quantitative estimate of drug-likeness (QED) is 0.804. The minimum absolute atomic E-state index is 0.00864. The van der Waals surface area contributed by atoms with Crippen molar-refractivity contribution in [3.63, 3.8) is 0 Å². The number of nitrogens with zero attached hydrogens (tertiary/aromatic N) is 3. The van der Waals surface area contributed by atoms with Gasteiger partial charge in [-0.1, -0.05) is 11.2 Å². The molecule has 0 N–H and O–H groups in total. The number of rotatable bonds is 3. The molecule has 3 heterocycles. The zero-order chi connectivity index (χ0) is 14.7. The van der Waals surface area contributed by atoms with E-state index in [-0.39, 0.29) is 23.4 Å². The number of aromatic nitrogens is 2. The predicted molar refractivity (Wildman–Crippen MR) is 73.7 cm³/mol. The summed E-state index contributed by atoms with van der Waals surface area (Å²) < 4.78 is 4.89. The van der Waals surface area contributed by atoms with Crippen molar-refractivity contribution < 1.29 is 14.1 Å². The molecule has 1 fully saturated rings. The standard InChI is InChI=1S/C15H15N3O3/c19-14(12-5-1-2-7-16-12)11-4-3-9-18(10-11)15(20)13-6-8-17-21-13/h1-2,5-8,11H,3-4,9-10H2. The van der Waals surface area contributed by atoms with Gasteiger partial charge in [-0.25, -0.2) is 0 Å². The number of hydrogen-bond acceptors (Lipinski definition) is 5. The largest absolute Gasteiger partial charge is 0.351 e. The van der Waals surface area contributed by atoms with Gasteiger partial charge < -0.3 is 9.42 Å². The Morgan fingerprint density at radius 2 is 2.14 bits per heavy atom. The minimum Gasteiger partial charge on any atom is -0.351 e. The van der Waals surface area contributed by atoms with E-state index in [1.165, 1.54) is 12.3 Å². The van der Waals surface area contributed by atoms with E-state index in [9.17, 15) is 9.59 Å². The van der Waals surface area contributed by atoms with E-state index in [4.69, 9.17) is 4.52 Å². The first-order chi connectivity index (χ1) is 10.3. The molecule has 6 heteroatoms. The van der Waals surface area contributed by atoms with E-state index in [2.05, 4.69) is 10.1 Å².